The number of anilines is 6. The molecule has 0 saturated heterocycles. The summed E-state index contributed by atoms with van der Waals surface area (Å²) >= 11 is 3.54. The van der Waals surface area contributed by atoms with Crippen molar-refractivity contribution < 1.29 is 8.78 Å². The minimum atomic E-state index is -0.718. The SMILES string of the molecule is Fc1cc(-c2ccccc2)ccc1N(c1ccccc1)c1cccc2c1sc1c3c(cc(N(c4ccccc4)c4ccc(-c5ccccc5)cc4F)c12)C1(c2ccccc2Sc2ccccc21)c1ccccc1-3. The zero-order chi connectivity index (χ0) is 48.6. The van der Waals surface area contributed by atoms with Crippen molar-refractivity contribution in [3.05, 3.63) is 289 Å². The molecular weight excluding hydrogens is 935 g/mol. The van der Waals surface area contributed by atoms with Gasteiger partial charge in [-0.15, -0.1) is 11.3 Å². The van der Waals surface area contributed by atoms with Crippen molar-refractivity contribution in [2.75, 3.05) is 9.80 Å². The maximum Gasteiger partial charge on any atom is 0.147 e. The number of hydrogen-bond donors (Lipinski definition) is 0. The largest absolute Gasteiger partial charge is 0.307 e. The first-order valence-electron chi connectivity index (χ1n) is 24.5. The Balaban J connectivity index is 1.11. The summed E-state index contributed by atoms with van der Waals surface area (Å²) in [4.78, 5) is 6.57. The fourth-order valence-corrected chi connectivity index (χ4v) is 14.1. The first-order chi connectivity index (χ1) is 36.1. The third kappa shape index (κ3) is 6.75. The Morgan fingerprint density at radius 3 is 1.37 bits per heavy atom. The van der Waals surface area contributed by atoms with Crippen molar-refractivity contribution in [2.24, 2.45) is 0 Å². The van der Waals surface area contributed by atoms with Crippen LogP contribution in [0.5, 0.6) is 0 Å². The second-order valence-electron chi connectivity index (χ2n) is 18.6. The monoisotopic (exact) mass is 976 g/mol. The van der Waals surface area contributed by atoms with Crippen LogP contribution in [0.3, 0.4) is 0 Å². The van der Waals surface area contributed by atoms with Crippen LogP contribution < -0.4 is 9.80 Å². The van der Waals surface area contributed by atoms with Crippen LogP contribution in [0.2, 0.25) is 0 Å². The molecule has 0 unspecified atom stereocenters. The average molecular weight is 977 g/mol. The molecule has 0 atom stereocenters. The minimum absolute atomic E-state index is 0.335. The van der Waals surface area contributed by atoms with E-state index in [9.17, 15) is 0 Å². The second-order valence-corrected chi connectivity index (χ2v) is 20.7. The average Bonchev–Trinajstić information content (AvgIpc) is 3.98. The lowest BCUT2D eigenvalue weighted by Gasteiger charge is -2.40. The van der Waals surface area contributed by atoms with Gasteiger partial charge in [0.05, 0.1) is 32.9 Å². The quantitative estimate of drug-likeness (QED) is 0.150. The number of rotatable bonds is 8. The van der Waals surface area contributed by atoms with E-state index in [1.165, 1.54) is 26.5 Å². The van der Waals surface area contributed by atoms with Crippen LogP contribution in [0.1, 0.15) is 22.3 Å². The lowest BCUT2D eigenvalue weighted by Crippen LogP contribution is -2.32. The number of hydrogen-bond acceptors (Lipinski definition) is 4. The predicted molar refractivity (Wildman–Crippen MR) is 301 cm³/mol. The molecule has 0 amide bonds. The van der Waals surface area contributed by atoms with Gasteiger partial charge in [0.1, 0.15) is 11.6 Å². The van der Waals surface area contributed by atoms with Crippen LogP contribution in [0.4, 0.5) is 42.9 Å². The van der Waals surface area contributed by atoms with Gasteiger partial charge in [-0.1, -0.05) is 194 Å². The smallest absolute Gasteiger partial charge is 0.147 e. The molecule has 0 fully saturated rings. The minimum Gasteiger partial charge on any atom is -0.307 e. The summed E-state index contributed by atoms with van der Waals surface area (Å²) in [6, 6.07) is 86.6. The zero-order valence-electron chi connectivity index (χ0n) is 39.2. The molecule has 2 nitrogen and oxygen atoms in total. The van der Waals surface area contributed by atoms with Gasteiger partial charge >= 0.3 is 0 Å². The summed E-state index contributed by atoms with van der Waals surface area (Å²) < 4.78 is 36.9. The Hall–Kier alpha value is -8.55. The third-order valence-corrected chi connectivity index (χ3v) is 17.0. The fraction of sp³-hybridized carbons (Fsp3) is 0.0149. The molecule has 1 aliphatic heterocycles. The topological polar surface area (TPSA) is 6.48 Å². The third-order valence-electron chi connectivity index (χ3n) is 14.6. The fourth-order valence-electron chi connectivity index (χ4n) is 11.6. The molecule has 12 aromatic rings. The Labute approximate surface area is 430 Å². The molecule has 1 aliphatic carbocycles. The van der Waals surface area contributed by atoms with E-state index < -0.39 is 5.41 Å². The predicted octanol–water partition coefficient (Wildman–Crippen LogP) is 19.4. The highest BCUT2D eigenvalue weighted by Crippen LogP contribution is 2.66. The highest BCUT2D eigenvalue weighted by Gasteiger charge is 2.51. The van der Waals surface area contributed by atoms with Gasteiger partial charge in [0.2, 0.25) is 0 Å². The van der Waals surface area contributed by atoms with E-state index in [1.807, 2.05) is 145 Å². The molecule has 73 heavy (non-hydrogen) atoms. The maximum absolute atomic E-state index is 17.7. The van der Waals surface area contributed by atoms with E-state index in [1.54, 1.807) is 23.5 Å². The van der Waals surface area contributed by atoms with Gasteiger partial charge in [-0.05, 0) is 123 Å². The molecule has 0 saturated carbocycles. The van der Waals surface area contributed by atoms with E-state index in [-0.39, 0.29) is 11.6 Å². The van der Waals surface area contributed by atoms with E-state index in [0.717, 1.165) is 81.9 Å². The maximum atomic E-state index is 17.7. The van der Waals surface area contributed by atoms with Crippen LogP contribution in [-0.4, -0.2) is 0 Å². The van der Waals surface area contributed by atoms with Crippen molar-refractivity contribution in [1.29, 1.82) is 0 Å². The Morgan fingerprint density at radius 2 is 0.822 bits per heavy atom. The van der Waals surface area contributed by atoms with E-state index in [0.29, 0.717) is 11.4 Å². The van der Waals surface area contributed by atoms with Gasteiger partial charge in [0.25, 0.3) is 0 Å². The molecule has 0 radical (unpaired) electrons. The molecule has 0 bridgehead atoms. The number of nitrogens with zero attached hydrogens (tertiary/aromatic N) is 2. The molecule has 1 aromatic heterocycles. The van der Waals surface area contributed by atoms with Crippen LogP contribution >= 0.6 is 23.1 Å². The summed E-state index contributed by atoms with van der Waals surface area (Å²) in [5, 5.41) is 1.97. The molecule has 14 rings (SSSR count). The summed E-state index contributed by atoms with van der Waals surface area (Å²) in [6.45, 7) is 0. The molecule has 1 spiro atoms. The van der Waals surface area contributed by atoms with E-state index in [4.69, 9.17) is 0 Å². The number of halogens is 2. The number of para-hydroxylation sites is 2. The Morgan fingerprint density at radius 1 is 0.342 bits per heavy atom. The van der Waals surface area contributed by atoms with Crippen LogP contribution in [0.25, 0.3) is 53.6 Å². The van der Waals surface area contributed by atoms with Crippen molar-refractivity contribution in [1.82, 2.24) is 0 Å². The molecule has 2 aliphatic rings. The van der Waals surface area contributed by atoms with Gasteiger partial charge < -0.3 is 9.80 Å². The highest BCUT2D eigenvalue weighted by atomic mass is 32.2. The number of fused-ring (bicyclic) bond motifs is 13. The summed E-state index contributed by atoms with van der Waals surface area (Å²) in [5.74, 6) is -0.676. The standard InChI is InChI=1S/C67H42F2N2S2/c68-55-40-45(43-20-5-1-6-21-43)36-38-57(55)70(47-24-9-3-10-25-47)59-33-19-29-50-64-60(71(48-26-11-4-12-27-48)58-39-37-46(41-56(58)69)44-22-7-2-8-23-44)42-54-63(66(64)73-65(50)59)49-28-13-14-30-51(49)67(54)52-31-15-17-34-61(52)72-62-35-18-16-32-53(62)67/h1-42H. The van der Waals surface area contributed by atoms with Crippen LogP contribution in [-0.2, 0) is 5.41 Å². The second kappa shape index (κ2) is 17.3. The molecule has 2 heterocycles. The van der Waals surface area contributed by atoms with E-state index in [2.05, 4.69) is 119 Å². The normalized spacial score (nSPS) is 12.8. The molecule has 0 N–H and O–H groups in total. The molecule has 11 aromatic carbocycles. The Kier molecular flexibility index (Phi) is 10.3. The zero-order valence-corrected chi connectivity index (χ0v) is 40.8. The van der Waals surface area contributed by atoms with Gasteiger partial charge in [0.15, 0.2) is 0 Å². The molecule has 6 heteroatoms. The lowest BCUT2D eigenvalue weighted by molar-refractivity contribution is 0.629. The van der Waals surface area contributed by atoms with E-state index >= 15 is 8.78 Å². The van der Waals surface area contributed by atoms with Crippen molar-refractivity contribution in [2.45, 2.75) is 15.2 Å². The summed E-state index contributed by atoms with van der Waals surface area (Å²) in [6.07, 6.45) is 0. The van der Waals surface area contributed by atoms with Gasteiger partial charge in [-0.3, -0.25) is 0 Å². The first kappa shape index (κ1) is 43.3. The van der Waals surface area contributed by atoms with Crippen LogP contribution in [0.15, 0.2) is 265 Å². The Bertz CT molecular complexity index is 4060. The highest BCUT2D eigenvalue weighted by molar-refractivity contribution is 7.99. The summed E-state index contributed by atoms with van der Waals surface area (Å²) in [5.41, 5.74) is 14.0. The van der Waals surface area contributed by atoms with Crippen molar-refractivity contribution >= 4 is 77.4 Å². The number of thiophene rings is 1. The molecular formula is C67H42F2N2S2. The molecule has 346 valence electrons. The lowest BCUT2D eigenvalue weighted by atomic mass is 9.67. The van der Waals surface area contributed by atoms with Gasteiger partial charge in [-0.2, -0.15) is 0 Å². The van der Waals surface area contributed by atoms with Crippen molar-refractivity contribution in [3.8, 4) is 33.4 Å². The van der Waals surface area contributed by atoms with Crippen LogP contribution in [0, 0.1) is 11.6 Å². The van der Waals surface area contributed by atoms with Crippen molar-refractivity contribution in [3.63, 3.8) is 0 Å². The number of benzene rings is 11. The first-order valence-corrected chi connectivity index (χ1v) is 26.1. The van der Waals surface area contributed by atoms with Gasteiger partial charge in [0, 0.05) is 42.2 Å². The van der Waals surface area contributed by atoms with Gasteiger partial charge in [-0.25, -0.2) is 8.78 Å². The summed E-state index contributed by atoms with van der Waals surface area (Å²) in [7, 11) is 0.